The summed E-state index contributed by atoms with van der Waals surface area (Å²) in [5.74, 6) is 0.902. The quantitative estimate of drug-likeness (QED) is 0.841. The van der Waals surface area contributed by atoms with Crippen LogP contribution < -0.4 is 5.32 Å². The number of halogens is 2. The molecule has 88 valence electrons. The van der Waals surface area contributed by atoms with Crippen molar-refractivity contribution in [2.24, 2.45) is 5.92 Å². The topological polar surface area (TPSA) is 12.0 Å². The van der Waals surface area contributed by atoms with Crippen molar-refractivity contribution in [2.75, 3.05) is 6.54 Å². The Hall–Kier alpha value is -0.0500. The van der Waals surface area contributed by atoms with Gasteiger partial charge in [0, 0.05) is 15.5 Å². The summed E-state index contributed by atoms with van der Waals surface area (Å²) in [4.78, 5) is 0. The highest BCUT2D eigenvalue weighted by atomic mass is 79.9. The molecule has 0 spiro atoms. The van der Waals surface area contributed by atoms with Crippen LogP contribution in [0.2, 0.25) is 5.02 Å². The second-order valence-electron chi connectivity index (χ2n) is 4.46. The van der Waals surface area contributed by atoms with E-state index in [1.165, 1.54) is 24.8 Å². The minimum Gasteiger partial charge on any atom is -0.310 e. The van der Waals surface area contributed by atoms with Crippen molar-refractivity contribution in [3.63, 3.8) is 0 Å². The van der Waals surface area contributed by atoms with Crippen LogP contribution in [-0.4, -0.2) is 6.54 Å². The minimum atomic E-state index is 0.405. The monoisotopic (exact) mass is 301 g/mol. The molecule has 1 nitrogen and oxygen atoms in total. The molecule has 1 atom stereocenters. The summed E-state index contributed by atoms with van der Waals surface area (Å²) in [6.07, 6.45) is 3.98. The van der Waals surface area contributed by atoms with E-state index in [4.69, 9.17) is 11.6 Å². The average Bonchev–Trinajstić information content (AvgIpc) is 3.05. The molecule has 2 rings (SSSR count). The lowest BCUT2D eigenvalue weighted by Gasteiger charge is -2.19. The fourth-order valence-electron chi connectivity index (χ4n) is 2.04. The van der Waals surface area contributed by atoms with Gasteiger partial charge in [0.05, 0.1) is 0 Å². The maximum atomic E-state index is 6.27. The first kappa shape index (κ1) is 12.4. The lowest BCUT2D eigenvalue weighted by molar-refractivity contribution is 0.487. The molecule has 16 heavy (non-hydrogen) atoms. The summed E-state index contributed by atoms with van der Waals surface area (Å²) in [7, 11) is 0. The predicted molar refractivity (Wildman–Crippen MR) is 72.9 cm³/mol. The van der Waals surface area contributed by atoms with Crippen LogP contribution in [0.3, 0.4) is 0 Å². The van der Waals surface area contributed by atoms with Gasteiger partial charge < -0.3 is 5.32 Å². The maximum absolute atomic E-state index is 6.27. The molecule has 0 amide bonds. The Balaban J connectivity index is 2.18. The van der Waals surface area contributed by atoms with E-state index in [0.717, 1.165) is 22.0 Å². The van der Waals surface area contributed by atoms with Gasteiger partial charge in [0.1, 0.15) is 0 Å². The molecule has 1 saturated carbocycles. The van der Waals surface area contributed by atoms with Gasteiger partial charge in [0.25, 0.3) is 0 Å². The van der Waals surface area contributed by atoms with Crippen LogP contribution in [0.25, 0.3) is 0 Å². The number of hydrogen-bond acceptors (Lipinski definition) is 1. The van der Waals surface area contributed by atoms with Crippen molar-refractivity contribution >= 4 is 27.5 Å². The zero-order valence-corrected chi connectivity index (χ0v) is 11.8. The third kappa shape index (κ3) is 3.22. The van der Waals surface area contributed by atoms with Crippen molar-refractivity contribution in [3.05, 3.63) is 33.3 Å². The lowest BCUT2D eigenvalue weighted by atomic mass is 10.0. The summed E-state index contributed by atoms with van der Waals surface area (Å²) < 4.78 is 1.10. The summed E-state index contributed by atoms with van der Waals surface area (Å²) in [6, 6.07) is 6.50. The zero-order valence-electron chi connectivity index (χ0n) is 9.47. The largest absolute Gasteiger partial charge is 0.310 e. The molecule has 1 N–H and O–H groups in total. The summed E-state index contributed by atoms with van der Waals surface area (Å²) >= 11 is 9.78. The summed E-state index contributed by atoms with van der Waals surface area (Å²) in [5.41, 5.74) is 1.23. The first-order valence-corrected chi connectivity index (χ1v) is 7.06. The fraction of sp³-hybridized carbons (Fsp3) is 0.538. The van der Waals surface area contributed by atoms with Gasteiger partial charge >= 0.3 is 0 Å². The molecular formula is C13H17BrClN. The van der Waals surface area contributed by atoms with Crippen LogP contribution >= 0.6 is 27.5 Å². The Morgan fingerprint density at radius 2 is 2.25 bits per heavy atom. The molecule has 1 aromatic carbocycles. The third-order valence-corrected chi connectivity index (χ3v) is 3.89. The highest BCUT2D eigenvalue weighted by Crippen LogP contribution is 2.39. The number of benzene rings is 1. The second-order valence-corrected chi connectivity index (χ2v) is 5.78. The molecule has 0 bridgehead atoms. The van der Waals surface area contributed by atoms with Gasteiger partial charge in [-0.25, -0.2) is 0 Å². The average molecular weight is 303 g/mol. The highest BCUT2D eigenvalue weighted by Gasteiger charge is 2.26. The first-order valence-electron chi connectivity index (χ1n) is 5.89. The van der Waals surface area contributed by atoms with Gasteiger partial charge in [0.2, 0.25) is 0 Å². The van der Waals surface area contributed by atoms with Crippen molar-refractivity contribution in [2.45, 2.75) is 32.2 Å². The zero-order chi connectivity index (χ0) is 11.5. The molecule has 1 unspecified atom stereocenters. The van der Waals surface area contributed by atoms with Gasteiger partial charge in [-0.2, -0.15) is 0 Å². The van der Waals surface area contributed by atoms with E-state index in [1.807, 2.05) is 12.1 Å². The predicted octanol–water partition coefficient (Wildman–Crippen LogP) is 4.55. The number of rotatable bonds is 5. The molecule has 1 aromatic rings. The van der Waals surface area contributed by atoms with Gasteiger partial charge in [-0.15, -0.1) is 0 Å². The van der Waals surface area contributed by atoms with Crippen LogP contribution in [0, 0.1) is 5.92 Å². The molecule has 0 radical (unpaired) electrons. The normalized spacial score (nSPS) is 17.4. The van der Waals surface area contributed by atoms with Crippen LogP contribution in [-0.2, 0) is 0 Å². The van der Waals surface area contributed by atoms with E-state index >= 15 is 0 Å². The van der Waals surface area contributed by atoms with Gasteiger partial charge in [-0.3, -0.25) is 0 Å². The molecule has 0 aliphatic heterocycles. The van der Waals surface area contributed by atoms with E-state index in [2.05, 4.69) is 34.2 Å². The fourth-order valence-corrected chi connectivity index (χ4v) is 2.66. The third-order valence-electron chi connectivity index (χ3n) is 3.05. The Bertz CT molecular complexity index is 363. The molecule has 3 heteroatoms. The standard InChI is InChI=1S/C13H17BrClN/c1-2-16-13(7-9-3-4-9)11-8-10(14)5-6-12(11)15/h5-6,8-9,13,16H,2-4,7H2,1H3. The molecule has 1 aliphatic rings. The smallest absolute Gasteiger partial charge is 0.0454 e. The lowest BCUT2D eigenvalue weighted by Crippen LogP contribution is -2.21. The van der Waals surface area contributed by atoms with Crippen molar-refractivity contribution in [1.82, 2.24) is 5.32 Å². The van der Waals surface area contributed by atoms with E-state index in [1.54, 1.807) is 0 Å². The van der Waals surface area contributed by atoms with Crippen LogP contribution in [0.5, 0.6) is 0 Å². The van der Waals surface area contributed by atoms with Gasteiger partial charge in [-0.05, 0) is 42.6 Å². The second kappa shape index (κ2) is 5.52. The Morgan fingerprint density at radius 1 is 1.50 bits per heavy atom. The Kier molecular flexibility index (Phi) is 4.28. The molecule has 0 saturated heterocycles. The van der Waals surface area contributed by atoms with E-state index in [0.29, 0.717) is 6.04 Å². The Morgan fingerprint density at radius 3 is 2.88 bits per heavy atom. The Labute approximate surface area is 111 Å². The molecule has 1 fully saturated rings. The first-order chi connectivity index (χ1) is 7.70. The van der Waals surface area contributed by atoms with Crippen molar-refractivity contribution < 1.29 is 0 Å². The molecule has 1 aliphatic carbocycles. The van der Waals surface area contributed by atoms with Crippen LogP contribution in [0.4, 0.5) is 0 Å². The van der Waals surface area contributed by atoms with Crippen molar-refractivity contribution in [1.29, 1.82) is 0 Å². The van der Waals surface area contributed by atoms with Gasteiger partial charge in [-0.1, -0.05) is 47.3 Å². The summed E-state index contributed by atoms with van der Waals surface area (Å²) in [6.45, 7) is 3.13. The van der Waals surface area contributed by atoms with Crippen LogP contribution in [0.15, 0.2) is 22.7 Å². The maximum Gasteiger partial charge on any atom is 0.0454 e. The number of hydrogen-bond donors (Lipinski definition) is 1. The van der Waals surface area contributed by atoms with E-state index in [-0.39, 0.29) is 0 Å². The van der Waals surface area contributed by atoms with E-state index < -0.39 is 0 Å². The van der Waals surface area contributed by atoms with Crippen LogP contribution in [0.1, 0.15) is 37.8 Å². The minimum absolute atomic E-state index is 0.405. The van der Waals surface area contributed by atoms with Crippen molar-refractivity contribution in [3.8, 4) is 0 Å². The number of nitrogens with one attached hydrogen (secondary N) is 1. The van der Waals surface area contributed by atoms with Gasteiger partial charge in [0.15, 0.2) is 0 Å². The summed E-state index contributed by atoms with van der Waals surface area (Å²) in [5, 5.41) is 4.40. The molecule has 0 heterocycles. The molecular weight excluding hydrogens is 286 g/mol. The highest BCUT2D eigenvalue weighted by molar-refractivity contribution is 9.10. The van der Waals surface area contributed by atoms with E-state index in [9.17, 15) is 0 Å². The molecule has 0 aromatic heterocycles. The SMILES string of the molecule is CCNC(CC1CC1)c1cc(Br)ccc1Cl.